The highest BCUT2D eigenvalue weighted by Crippen LogP contribution is 2.30. The summed E-state index contributed by atoms with van der Waals surface area (Å²) in [5, 5.41) is 17.2. The monoisotopic (exact) mass is 405 g/mol. The van der Waals surface area contributed by atoms with Gasteiger partial charge in [0.05, 0.1) is 28.5 Å². The van der Waals surface area contributed by atoms with Crippen molar-refractivity contribution in [3.8, 4) is 23.1 Å². The quantitative estimate of drug-likeness (QED) is 0.479. The van der Waals surface area contributed by atoms with Gasteiger partial charge in [-0.3, -0.25) is 0 Å². The van der Waals surface area contributed by atoms with Gasteiger partial charge < -0.3 is 10.1 Å². The Morgan fingerprint density at radius 1 is 1.17 bits per heavy atom. The molecule has 0 saturated carbocycles. The first kappa shape index (κ1) is 19.3. The number of anilines is 2. The van der Waals surface area contributed by atoms with E-state index in [1.54, 1.807) is 28.8 Å². The molecule has 0 spiro atoms. The summed E-state index contributed by atoms with van der Waals surface area (Å²) < 4.78 is 30.8. The van der Waals surface area contributed by atoms with Gasteiger partial charge in [0.2, 0.25) is 0 Å². The molecule has 30 heavy (non-hydrogen) atoms. The van der Waals surface area contributed by atoms with Crippen LogP contribution in [0.2, 0.25) is 0 Å². The Hall–Kier alpha value is -3.99. The molecule has 8 heteroatoms. The third kappa shape index (κ3) is 3.91. The zero-order valence-electron chi connectivity index (χ0n) is 16.0. The number of benzene rings is 1. The van der Waals surface area contributed by atoms with Crippen molar-refractivity contribution in [1.82, 2.24) is 14.6 Å². The van der Waals surface area contributed by atoms with E-state index in [0.717, 1.165) is 16.8 Å². The summed E-state index contributed by atoms with van der Waals surface area (Å²) in [7, 11) is 0. The van der Waals surface area contributed by atoms with E-state index in [1.165, 1.54) is 12.1 Å². The first-order chi connectivity index (χ1) is 14.6. The second-order valence-corrected chi connectivity index (χ2v) is 6.47. The number of nitriles is 1. The molecule has 0 aliphatic carbocycles. The van der Waals surface area contributed by atoms with E-state index in [0.29, 0.717) is 29.2 Å². The van der Waals surface area contributed by atoms with E-state index in [9.17, 15) is 14.0 Å². The zero-order chi connectivity index (χ0) is 21.1. The number of rotatable bonds is 6. The van der Waals surface area contributed by atoms with Crippen LogP contribution >= 0.6 is 0 Å². The van der Waals surface area contributed by atoms with E-state index in [-0.39, 0.29) is 5.75 Å². The number of aryl methyl sites for hydroxylation is 1. The van der Waals surface area contributed by atoms with Crippen LogP contribution in [-0.4, -0.2) is 21.2 Å². The van der Waals surface area contributed by atoms with Crippen molar-refractivity contribution < 1.29 is 13.5 Å². The van der Waals surface area contributed by atoms with Crippen molar-refractivity contribution in [2.75, 3.05) is 5.32 Å². The predicted octanol–water partition coefficient (Wildman–Crippen LogP) is 5.18. The van der Waals surface area contributed by atoms with Gasteiger partial charge in [-0.2, -0.15) is 19.1 Å². The molecule has 0 bridgehead atoms. The van der Waals surface area contributed by atoms with Crippen molar-refractivity contribution in [2.45, 2.75) is 20.0 Å². The Bertz CT molecular complexity index is 1230. The Balaban J connectivity index is 1.73. The van der Waals surface area contributed by atoms with Crippen molar-refractivity contribution in [2.24, 2.45) is 0 Å². The molecule has 3 aromatic heterocycles. The summed E-state index contributed by atoms with van der Waals surface area (Å²) in [6, 6.07) is 17.4. The highest BCUT2D eigenvalue weighted by atomic mass is 19.3. The SMILES string of the molecule is CCc1nn2ccccc2c1-c1cc(C#N)cc(Nc2ccc(OC(F)F)cc2)n1. The molecular formula is C22H17F2N5O. The summed E-state index contributed by atoms with van der Waals surface area (Å²) in [6.45, 7) is -0.860. The van der Waals surface area contributed by atoms with Crippen molar-refractivity contribution in [1.29, 1.82) is 5.26 Å². The fourth-order valence-corrected chi connectivity index (χ4v) is 3.23. The highest BCUT2D eigenvalue weighted by molar-refractivity contribution is 5.82. The van der Waals surface area contributed by atoms with Crippen molar-refractivity contribution in [3.05, 3.63) is 72.1 Å². The number of ether oxygens (including phenoxy) is 1. The van der Waals surface area contributed by atoms with Gasteiger partial charge in [0, 0.05) is 17.4 Å². The Morgan fingerprint density at radius 3 is 2.67 bits per heavy atom. The van der Waals surface area contributed by atoms with Gasteiger partial charge >= 0.3 is 6.61 Å². The van der Waals surface area contributed by atoms with Gasteiger partial charge in [-0.05, 0) is 55.0 Å². The first-order valence-electron chi connectivity index (χ1n) is 9.28. The second-order valence-electron chi connectivity index (χ2n) is 6.47. The lowest BCUT2D eigenvalue weighted by molar-refractivity contribution is -0.0498. The molecular weight excluding hydrogens is 388 g/mol. The van der Waals surface area contributed by atoms with Crippen molar-refractivity contribution >= 4 is 17.0 Å². The predicted molar refractivity (Wildman–Crippen MR) is 109 cm³/mol. The summed E-state index contributed by atoms with van der Waals surface area (Å²) in [5.74, 6) is 0.526. The maximum absolute atomic E-state index is 12.3. The van der Waals surface area contributed by atoms with Gasteiger partial charge in [-0.15, -0.1) is 0 Å². The van der Waals surface area contributed by atoms with Gasteiger partial charge in [0.1, 0.15) is 11.6 Å². The molecule has 0 aliphatic heterocycles. The summed E-state index contributed by atoms with van der Waals surface area (Å²) in [4.78, 5) is 4.68. The number of pyridine rings is 2. The van der Waals surface area contributed by atoms with Gasteiger partial charge in [0.25, 0.3) is 0 Å². The molecule has 1 N–H and O–H groups in total. The summed E-state index contributed by atoms with van der Waals surface area (Å²) >= 11 is 0. The Kier molecular flexibility index (Phi) is 5.26. The lowest BCUT2D eigenvalue weighted by Crippen LogP contribution is -2.02. The standard InChI is InChI=1S/C22H17F2N5O/c1-2-17-21(19-5-3-4-10-29(19)28-17)18-11-14(13-25)12-20(27-18)26-15-6-8-16(9-7-15)30-22(23)24/h3-12,22H,2H2,1H3,(H,26,27). The number of hydrogen-bond donors (Lipinski definition) is 1. The highest BCUT2D eigenvalue weighted by Gasteiger charge is 2.16. The van der Waals surface area contributed by atoms with E-state index in [1.807, 2.05) is 31.3 Å². The lowest BCUT2D eigenvalue weighted by Gasteiger charge is -2.10. The average Bonchev–Trinajstić information content (AvgIpc) is 3.13. The summed E-state index contributed by atoms with van der Waals surface area (Å²) in [5.41, 5.74) is 4.35. The number of nitrogens with one attached hydrogen (secondary N) is 1. The molecule has 0 aliphatic rings. The third-order valence-electron chi connectivity index (χ3n) is 4.51. The van der Waals surface area contributed by atoms with Crippen LogP contribution in [0.1, 0.15) is 18.2 Å². The van der Waals surface area contributed by atoms with E-state index >= 15 is 0 Å². The van der Waals surface area contributed by atoms with Gasteiger partial charge in [-0.1, -0.05) is 13.0 Å². The number of nitrogens with zero attached hydrogens (tertiary/aromatic N) is 4. The minimum atomic E-state index is -2.88. The number of fused-ring (bicyclic) bond motifs is 1. The minimum absolute atomic E-state index is 0.0638. The molecule has 4 rings (SSSR count). The third-order valence-corrected chi connectivity index (χ3v) is 4.51. The van der Waals surface area contributed by atoms with Crippen LogP contribution in [0, 0.1) is 11.3 Å². The Morgan fingerprint density at radius 2 is 1.97 bits per heavy atom. The topological polar surface area (TPSA) is 75.2 Å². The fourth-order valence-electron chi connectivity index (χ4n) is 3.23. The molecule has 4 aromatic rings. The zero-order valence-corrected chi connectivity index (χ0v) is 16.0. The average molecular weight is 405 g/mol. The molecule has 0 saturated heterocycles. The van der Waals surface area contributed by atoms with Crippen LogP contribution < -0.4 is 10.1 Å². The maximum Gasteiger partial charge on any atom is 0.387 e. The van der Waals surface area contributed by atoms with Crippen LogP contribution in [0.25, 0.3) is 16.8 Å². The normalized spacial score (nSPS) is 10.9. The molecule has 0 radical (unpaired) electrons. The number of hydrogen-bond acceptors (Lipinski definition) is 5. The van der Waals surface area contributed by atoms with E-state index in [4.69, 9.17) is 0 Å². The summed E-state index contributed by atoms with van der Waals surface area (Å²) in [6.07, 6.45) is 2.58. The number of halogens is 2. The van der Waals surface area contributed by atoms with Crippen LogP contribution in [0.5, 0.6) is 5.75 Å². The first-order valence-corrected chi connectivity index (χ1v) is 9.28. The number of aromatic nitrogens is 3. The Labute approximate surface area is 171 Å². The minimum Gasteiger partial charge on any atom is -0.435 e. The number of alkyl halides is 2. The maximum atomic E-state index is 12.3. The van der Waals surface area contributed by atoms with Crippen LogP contribution in [0.4, 0.5) is 20.3 Å². The van der Waals surface area contributed by atoms with Gasteiger partial charge in [0.15, 0.2) is 0 Å². The molecule has 0 amide bonds. The molecule has 0 fully saturated rings. The van der Waals surface area contributed by atoms with Crippen molar-refractivity contribution in [3.63, 3.8) is 0 Å². The molecule has 150 valence electrons. The smallest absolute Gasteiger partial charge is 0.387 e. The second kappa shape index (κ2) is 8.17. The van der Waals surface area contributed by atoms with E-state index in [2.05, 4.69) is 26.2 Å². The fraction of sp³-hybridized carbons (Fsp3) is 0.136. The molecule has 6 nitrogen and oxygen atoms in total. The van der Waals surface area contributed by atoms with E-state index < -0.39 is 6.61 Å². The van der Waals surface area contributed by atoms with Crippen LogP contribution in [-0.2, 0) is 6.42 Å². The lowest BCUT2D eigenvalue weighted by atomic mass is 10.1. The van der Waals surface area contributed by atoms with Crippen LogP contribution in [0.3, 0.4) is 0 Å². The molecule has 1 aromatic carbocycles. The largest absolute Gasteiger partial charge is 0.435 e. The molecule has 0 atom stereocenters. The molecule has 3 heterocycles. The molecule has 0 unspecified atom stereocenters. The van der Waals surface area contributed by atoms with Crippen LogP contribution in [0.15, 0.2) is 60.8 Å². The van der Waals surface area contributed by atoms with Gasteiger partial charge in [-0.25, -0.2) is 9.50 Å².